The van der Waals surface area contributed by atoms with Crippen LogP contribution in [0.5, 0.6) is 0 Å². The summed E-state index contributed by atoms with van der Waals surface area (Å²) in [7, 11) is 0. The third kappa shape index (κ3) is 2.63. The molecule has 0 aromatic carbocycles. The first-order chi connectivity index (χ1) is 5.74. The molecule has 1 rings (SSSR count). The van der Waals surface area contributed by atoms with Crippen molar-refractivity contribution in [2.75, 3.05) is 0 Å². The van der Waals surface area contributed by atoms with Crippen LogP contribution in [0.3, 0.4) is 0 Å². The second-order valence-corrected chi connectivity index (χ2v) is 4.03. The predicted molar refractivity (Wildman–Crippen MR) is 51.9 cm³/mol. The molecule has 0 aliphatic heterocycles. The summed E-state index contributed by atoms with van der Waals surface area (Å²) in [4.78, 5) is 0. The summed E-state index contributed by atoms with van der Waals surface area (Å²) in [6.07, 6.45) is 7.68. The summed E-state index contributed by atoms with van der Waals surface area (Å²) in [6.45, 7) is 6.01. The van der Waals surface area contributed by atoms with Gasteiger partial charge in [0.1, 0.15) is 0 Å². The van der Waals surface area contributed by atoms with E-state index in [0.29, 0.717) is 11.8 Å². The van der Waals surface area contributed by atoms with Crippen LogP contribution in [-0.2, 0) is 0 Å². The molecule has 1 saturated carbocycles. The average molecular weight is 168 g/mol. The van der Waals surface area contributed by atoms with Gasteiger partial charge in [-0.1, -0.05) is 25.8 Å². The highest BCUT2D eigenvalue weighted by atomic mass is 16.3. The summed E-state index contributed by atoms with van der Waals surface area (Å²) in [5.74, 6) is 1.23. The van der Waals surface area contributed by atoms with Crippen molar-refractivity contribution in [1.82, 2.24) is 0 Å². The van der Waals surface area contributed by atoms with E-state index in [1.165, 1.54) is 19.3 Å². The van der Waals surface area contributed by atoms with E-state index in [4.69, 9.17) is 0 Å². The minimum Gasteiger partial charge on any atom is -0.393 e. The molecule has 0 aromatic rings. The third-order valence-electron chi connectivity index (χ3n) is 3.05. The van der Waals surface area contributed by atoms with Gasteiger partial charge in [-0.2, -0.15) is 0 Å². The van der Waals surface area contributed by atoms with Gasteiger partial charge in [-0.05, 0) is 31.1 Å². The molecule has 3 atom stereocenters. The van der Waals surface area contributed by atoms with Crippen LogP contribution >= 0.6 is 0 Å². The van der Waals surface area contributed by atoms with Crippen molar-refractivity contribution in [2.24, 2.45) is 11.8 Å². The summed E-state index contributed by atoms with van der Waals surface area (Å²) in [6, 6.07) is 0. The number of allylic oxidation sites excluding steroid dienone is 1. The van der Waals surface area contributed by atoms with Crippen LogP contribution in [0.15, 0.2) is 12.7 Å². The fourth-order valence-electron chi connectivity index (χ4n) is 2.04. The first-order valence-electron chi connectivity index (χ1n) is 5.04. The maximum absolute atomic E-state index is 9.57. The predicted octanol–water partition coefficient (Wildman–Crippen LogP) is 2.75. The van der Waals surface area contributed by atoms with Crippen LogP contribution in [-0.4, -0.2) is 11.2 Å². The lowest BCUT2D eigenvalue weighted by Crippen LogP contribution is -2.15. The van der Waals surface area contributed by atoms with E-state index in [9.17, 15) is 5.11 Å². The Hall–Kier alpha value is -0.300. The van der Waals surface area contributed by atoms with Gasteiger partial charge in [-0.15, -0.1) is 6.58 Å². The quantitative estimate of drug-likeness (QED) is 0.496. The molecule has 1 N–H and O–H groups in total. The van der Waals surface area contributed by atoms with Crippen molar-refractivity contribution in [3.8, 4) is 0 Å². The van der Waals surface area contributed by atoms with Crippen LogP contribution < -0.4 is 0 Å². The van der Waals surface area contributed by atoms with Gasteiger partial charge >= 0.3 is 0 Å². The van der Waals surface area contributed by atoms with Crippen LogP contribution in [0, 0.1) is 11.8 Å². The van der Waals surface area contributed by atoms with Crippen molar-refractivity contribution in [1.29, 1.82) is 0 Å². The van der Waals surface area contributed by atoms with Crippen molar-refractivity contribution in [3.05, 3.63) is 12.7 Å². The SMILES string of the molecule is C=CC(C)C1CCCCC(O)C1. The highest BCUT2D eigenvalue weighted by Gasteiger charge is 2.21. The van der Waals surface area contributed by atoms with E-state index in [1.54, 1.807) is 0 Å². The number of hydrogen-bond donors (Lipinski definition) is 1. The third-order valence-corrected chi connectivity index (χ3v) is 3.05. The number of rotatable bonds is 2. The van der Waals surface area contributed by atoms with E-state index >= 15 is 0 Å². The van der Waals surface area contributed by atoms with Crippen molar-refractivity contribution >= 4 is 0 Å². The molecule has 0 radical (unpaired) electrons. The van der Waals surface area contributed by atoms with Gasteiger partial charge in [0.25, 0.3) is 0 Å². The van der Waals surface area contributed by atoms with Crippen LogP contribution in [0.25, 0.3) is 0 Å². The largest absolute Gasteiger partial charge is 0.393 e. The Morgan fingerprint density at radius 2 is 2.08 bits per heavy atom. The fraction of sp³-hybridized carbons (Fsp3) is 0.818. The molecular weight excluding hydrogens is 148 g/mol. The zero-order valence-electron chi connectivity index (χ0n) is 8.00. The standard InChI is InChI=1S/C11H20O/c1-3-9(2)10-6-4-5-7-11(12)8-10/h3,9-12H,1,4-8H2,2H3. The van der Waals surface area contributed by atoms with Crippen LogP contribution in [0.4, 0.5) is 0 Å². The monoisotopic (exact) mass is 168 g/mol. The van der Waals surface area contributed by atoms with E-state index in [1.807, 2.05) is 6.08 Å². The summed E-state index contributed by atoms with van der Waals surface area (Å²) < 4.78 is 0. The zero-order valence-corrected chi connectivity index (χ0v) is 8.00. The molecule has 1 fully saturated rings. The topological polar surface area (TPSA) is 20.2 Å². The Labute approximate surface area is 75.5 Å². The van der Waals surface area contributed by atoms with Crippen LogP contribution in [0.1, 0.15) is 39.0 Å². The number of hydrogen-bond acceptors (Lipinski definition) is 1. The Bertz CT molecular complexity index is 142. The molecule has 1 nitrogen and oxygen atoms in total. The van der Waals surface area contributed by atoms with Gasteiger partial charge in [-0.25, -0.2) is 0 Å². The molecule has 0 saturated heterocycles. The Kier molecular flexibility index (Phi) is 3.80. The molecule has 0 spiro atoms. The van der Waals surface area contributed by atoms with Crippen LogP contribution in [0.2, 0.25) is 0 Å². The second-order valence-electron chi connectivity index (χ2n) is 4.03. The lowest BCUT2D eigenvalue weighted by Gasteiger charge is -2.20. The van der Waals surface area contributed by atoms with Gasteiger partial charge in [-0.3, -0.25) is 0 Å². The molecule has 1 heteroatoms. The second kappa shape index (κ2) is 4.66. The minimum absolute atomic E-state index is 0.0556. The molecule has 0 bridgehead atoms. The average Bonchev–Trinajstić information content (AvgIpc) is 2.28. The smallest absolute Gasteiger partial charge is 0.0543 e. The van der Waals surface area contributed by atoms with Crippen molar-refractivity contribution in [3.63, 3.8) is 0 Å². The maximum atomic E-state index is 9.57. The number of aliphatic hydroxyl groups excluding tert-OH is 1. The van der Waals surface area contributed by atoms with Gasteiger partial charge in [0, 0.05) is 0 Å². The first kappa shape index (κ1) is 9.79. The maximum Gasteiger partial charge on any atom is 0.0543 e. The Balaban J connectivity index is 2.45. The lowest BCUT2D eigenvalue weighted by atomic mass is 9.87. The Morgan fingerprint density at radius 3 is 2.75 bits per heavy atom. The lowest BCUT2D eigenvalue weighted by molar-refractivity contribution is 0.133. The van der Waals surface area contributed by atoms with Gasteiger partial charge < -0.3 is 5.11 Å². The summed E-state index contributed by atoms with van der Waals surface area (Å²) in [5, 5.41) is 9.57. The van der Waals surface area contributed by atoms with Crippen molar-refractivity contribution < 1.29 is 5.11 Å². The molecule has 0 heterocycles. The van der Waals surface area contributed by atoms with E-state index in [2.05, 4.69) is 13.5 Å². The normalized spacial score (nSPS) is 33.8. The molecule has 1 aliphatic carbocycles. The molecule has 0 aromatic heterocycles. The van der Waals surface area contributed by atoms with Gasteiger partial charge in [0.05, 0.1) is 6.10 Å². The summed E-state index contributed by atoms with van der Waals surface area (Å²) in [5.41, 5.74) is 0. The summed E-state index contributed by atoms with van der Waals surface area (Å²) >= 11 is 0. The fourth-order valence-corrected chi connectivity index (χ4v) is 2.04. The first-order valence-corrected chi connectivity index (χ1v) is 5.04. The highest BCUT2D eigenvalue weighted by molar-refractivity contribution is 4.84. The molecule has 70 valence electrons. The van der Waals surface area contributed by atoms with Crippen molar-refractivity contribution in [2.45, 2.75) is 45.1 Å². The molecule has 12 heavy (non-hydrogen) atoms. The van der Waals surface area contributed by atoms with Gasteiger partial charge in [0.15, 0.2) is 0 Å². The molecule has 1 aliphatic rings. The van der Waals surface area contributed by atoms with E-state index in [0.717, 1.165) is 12.8 Å². The van der Waals surface area contributed by atoms with E-state index < -0.39 is 0 Å². The Morgan fingerprint density at radius 1 is 1.42 bits per heavy atom. The highest BCUT2D eigenvalue weighted by Crippen LogP contribution is 2.29. The molecule has 0 amide bonds. The molecule has 3 unspecified atom stereocenters. The zero-order chi connectivity index (χ0) is 8.97. The number of aliphatic hydroxyl groups is 1. The molecular formula is C11H20O. The minimum atomic E-state index is -0.0556. The van der Waals surface area contributed by atoms with E-state index in [-0.39, 0.29) is 6.10 Å². The van der Waals surface area contributed by atoms with Gasteiger partial charge in [0.2, 0.25) is 0 Å².